The van der Waals surface area contributed by atoms with Gasteiger partial charge < -0.3 is 10.5 Å². The largest absolute Gasteiger partial charge is 0.439 e. The van der Waals surface area contributed by atoms with Crippen molar-refractivity contribution in [2.24, 2.45) is 5.73 Å². The fourth-order valence-corrected chi connectivity index (χ4v) is 1.94. The summed E-state index contributed by atoms with van der Waals surface area (Å²) in [5, 5.41) is 0. The number of ether oxygens (including phenoxy) is 1. The van der Waals surface area contributed by atoms with Gasteiger partial charge in [0, 0.05) is 18.3 Å². The minimum atomic E-state index is 0.198. The Hall–Kier alpha value is -1.87. The molecule has 1 unspecified atom stereocenters. The van der Waals surface area contributed by atoms with Gasteiger partial charge in [-0.1, -0.05) is 19.1 Å². The molecule has 2 N–H and O–H groups in total. The first-order valence-corrected chi connectivity index (χ1v) is 7.04. The minimum absolute atomic E-state index is 0.198. The summed E-state index contributed by atoms with van der Waals surface area (Å²) in [6.07, 6.45) is 3.67. The summed E-state index contributed by atoms with van der Waals surface area (Å²) in [5.41, 5.74) is 9.56. The van der Waals surface area contributed by atoms with Gasteiger partial charge in [-0.3, -0.25) is 0 Å². The van der Waals surface area contributed by atoms with Crippen molar-refractivity contribution in [3.05, 3.63) is 53.2 Å². The molecule has 2 rings (SSSR count). The van der Waals surface area contributed by atoms with E-state index < -0.39 is 0 Å². The predicted octanol–water partition coefficient (Wildman–Crippen LogP) is 3.77. The lowest BCUT2D eigenvalue weighted by molar-refractivity contribution is 0.461. The molecule has 0 aliphatic carbocycles. The van der Waals surface area contributed by atoms with Crippen LogP contribution in [0, 0.1) is 13.8 Å². The van der Waals surface area contributed by atoms with Crippen LogP contribution in [0.25, 0.3) is 0 Å². The lowest BCUT2D eigenvalue weighted by Gasteiger charge is -2.10. The maximum absolute atomic E-state index is 5.94. The molecule has 2 aromatic rings. The highest BCUT2D eigenvalue weighted by molar-refractivity contribution is 5.36. The van der Waals surface area contributed by atoms with Crippen molar-refractivity contribution >= 4 is 0 Å². The summed E-state index contributed by atoms with van der Waals surface area (Å²) in [6.45, 7) is 6.25. The van der Waals surface area contributed by atoms with E-state index in [4.69, 9.17) is 10.5 Å². The number of pyridine rings is 1. The molecule has 1 aromatic heterocycles. The van der Waals surface area contributed by atoms with Crippen LogP contribution in [0.15, 0.2) is 36.5 Å². The Morgan fingerprint density at radius 2 is 1.95 bits per heavy atom. The molecule has 3 heteroatoms. The minimum Gasteiger partial charge on any atom is -0.439 e. The summed E-state index contributed by atoms with van der Waals surface area (Å²) >= 11 is 0. The molecule has 20 heavy (non-hydrogen) atoms. The third kappa shape index (κ3) is 3.81. The number of aryl methyl sites for hydroxylation is 2. The highest BCUT2D eigenvalue weighted by atomic mass is 16.5. The number of hydrogen-bond donors (Lipinski definition) is 1. The standard InChI is InChI=1S/C17H22N2O/c1-4-15(18)10-14-6-8-17(19-11-14)20-16-7-5-12(2)13(3)9-16/h5-9,11,15H,4,10,18H2,1-3H3. The third-order valence-corrected chi connectivity index (χ3v) is 3.52. The number of rotatable bonds is 5. The number of nitrogens with two attached hydrogens (primary N) is 1. The van der Waals surface area contributed by atoms with Gasteiger partial charge in [-0.2, -0.15) is 0 Å². The van der Waals surface area contributed by atoms with E-state index in [1.54, 1.807) is 0 Å². The topological polar surface area (TPSA) is 48.1 Å². The quantitative estimate of drug-likeness (QED) is 0.899. The van der Waals surface area contributed by atoms with E-state index in [9.17, 15) is 0 Å². The van der Waals surface area contributed by atoms with Crippen LogP contribution in [0.3, 0.4) is 0 Å². The van der Waals surface area contributed by atoms with Crippen molar-refractivity contribution in [1.82, 2.24) is 4.98 Å². The van der Waals surface area contributed by atoms with E-state index in [0.717, 1.165) is 24.2 Å². The van der Waals surface area contributed by atoms with E-state index in [2.05, 4.69) is 31.8 Å². The second kappa shape index (κ2) is 6.53. The maximum Gasteiger partial charge on any atom is 0.219 e. The summed E-state index contributed by atoms with van der Waals surface area (Å²) in [5.74, 6) is 1.43. The maximum atomic E-state index is 5.94. The number of nitrogens with zero attached hydrogens (tertiary/aromatic N) is 1. The molecule has 0 amide bonds. The molecule has 0 fully saturated rings. The molecule has 0 radical (unpaired) electrons. The average Bonchev–Trinajstić information content (AvgIpc) is 2.45. The summed E-state index contributed by atoms with van der Waals surface area (Å²) in [7, 11) is 0. The van der Waals surface area contributed by atoms with Crippen LogP contribution in [0.5, 0.6) is 11.6 Å². The Morgan fingerprint density at radius 3 is 2.55 bits per heavy atom. The van der Waals surface area contributed by atoms with Crippen molar-refractivity contribution < 1.29 is 4.74 Å². The van der Waals surface area contributed by atoms with Crippen molar-refractivity contribution in [1.29, 1.82) is 0 Å². The molecule has 1 atom stereocenters. The van der Waals surface area contributed by atoms with Crippen molar-refractivity contribution in [3.63, 3.8) is 0 Å². The van der Waals surface area contributed by atoms with Crippen LogP contribution < -0.4 is 10.5 Å². The summed E-state index contributed by atoms with van der Waals surface area (Å²) < 4.78 is 5.76. The molecule has 0 saturated heterocycles. The van der Waals surface area contributed by atoms with Gasteiger partial charge in [0.05, 0.1) is 0 Å². The van der Waals surface area contributed by atoms with Crippen LogP contribution in [-0.4, -0.2) is 11.0 Å². The Kier molecular flexibility index (Phi) is 4.74. The Bertz CT molecular complexity index is 564. The first-order valence-electron chi connectivity index (χ1n) is 7.04. The van der Waals surface area contributed by atoms with E-state index in [0.29, 0.717) is 5.88 Å². The molecule has 0 aliphatic heterocycles. The van der Waals surface area contributed by atoms with Crippen LogP contribution >= 0.6 is 0 Å². The Morgan fingerprint density at radius 1 is 1.15 bits per heavy atom. The number of hydrogen-bond acceptors (Lipinski definition) is 3. The second-order valence-electron chi connectivity index (χ2n) is 5.23. The molecule has 0 aliphatic rings. The van der Waals surface area contributed by atoms with Gasteiger partial charge in [0.25, 0.3) is 0 Å². The van der Waals surface area contributed by atoms with Gasteiger partial charge in [0.2, 0.25) is 5.88 Å². The van der Waals surface area contributed by atoms with Gasteiger partial charge in [-0.15, -0.1) is 0 Å². The van der Waals surface area contributed by atoms with Crippen LogP contribution in [0.4, 0.5) is 0 Å². The third-order valence-electron chi connectivity index (χ3n) is 3.52. The Balaban J connectivity index is 2.04. The molecule has 1 aromatic carbocycles. The second-order valence-corrected chi connectivity index (χ2v) is 5.23. The monoisotopic (exact) mass is 270 g/mol. The lowest BCUT2D eigenvalue weighted by Crippen LogP contribution is -2.21. The molecule has 0 spiro atoms. The highest BCUT2D eigenvalue weighted by Crippen LogP contribution is 2.22. The average molecular weight is 270 g/mol. The highest BCUT2D eigenvalue weighted by Gasteiger charge is 2.04. The van der Waals surface area contributed by atoms with E-state index >= 15 is 0 Å². The van der Waals surface area contributed by atoms with Crippen molar-refractivity contribution in [2.75, 3.05) is 0 Å². The van der Waals surface area contributed by atoms with Crippen molar-refractivity contribution in [2.45, 2.75) is 39.7 Å². The normalized spacial score (nSPS) is 12.2. The van der Waals surface area contributed by atoms with Gasteiger partial charge in [-0.05, 0) is 55.5 Å². The van der Waals surface area contributed by atoms with Crippen LogP contribution in [-0.2, 0) is 6.42 Å². The first kappa shape index (κ1) is 14.5. The molecule has 1 heterocycles. The lowest BCUT2D eigenvalue weighted by atomic mass is 10.1. The zero-order chi connectivity index (χ0) is 14.5. The smallest absolute Gasteiger partial charge is 0.219 e. The SMILES string of the molecule is CCC(N)Cc1ccc(Oc2ccc(C)c(C)c2)nc1. The molecule has 0 bridgehead atoms. The number of aromatic nitrogens is 1. The van der Waals surface area contributed by atoms with Gasteiger partial charge >= 0.3 is 0 Å². The molecule has 3 nitrogen and oxygen atoms in total. The van der Waals surface area contributed by atoms with E-state index in [1.807, 2.05) is 30.5 Å². The zero-order valence-corrected chi connectivity index (χ0v) is 12.4. The fourth-order valence-electron chi connectivity index (χ4n) is 1.94. The molecular weight excluding hydrogens is 248 g/mol. The van der Waals surface area contributed by atoms with Gasteiger partial charge in [0.15, 0.2) is 0 Å². The number of benzene rings is 1. The van der Waals surface area contributed by atoms with E-state index in [-0.39, 0.29) is 6.04 Å². The van der Waals surface area contributed by atoms with Gasteiger partial charge in [0.1, 0.15) is 5.75 Å². The molecular formula is C17H22N2O. The van der Waals surface area contributed by atoms with Crippen LogP contribution in [0.2, 0.25) is 0 Å². The van der Waals surface area contributed by atoms with Crippen LogP contribution in [0.1, 0.15) is 30.0 Å². The van der Waals surface area contributed by atoms with Gasteiger partial charge in [-0.25, -0.2) is 4.98 Å². The fraction of sp³-hybridized carbons (Fsp3) is 0.353. The Labute approximate surface area is 120 Å². The summed E-state index contributed by atoms with van der Waals surface area (Å²) in [6, 6.07) is 10.2. The van der Waals surface area contributed by atoms with E-state index in [1.165, 1.54) is 11.1 Å². The zero-order valence-electron chi connectivity index (χ0n) is 12.4. The summed E-state index contributed by atoms with van der Waals surface area (Å²) in [4.78, 5) is 4.34. The molecule has 0 saturated carbocycles. The first-order chi connectivity index (χ1) is 9.58. The van der Waals surface area contributed by atoms with Crippen molar-refractivity contribution in [3.8, 4) is 11.6 Å². The molecule has 106 valence electrons. The predicted molar refractivity (Wildman–Crippen MR) is 82.2 cm³/mol.